The van der Waals surface area contributed by atoms with E-state index in [9.17, 15) is 4.79 Å². The quantitative estimate of drug-likeness (QED) is 0.826. The number of rotatable bonds is 2. The first-order valence-corrected chi connectivity index (χ1v) is 6.92. The Labute approximate surface area is 114 Å². The zero-order chi connectivity index (χ0) is 14.0. The summed E-state index contributed by atoms with van der Waals surface area (Å²) in [5, 5.41) is 0. The van der Waals surface area contributed by atoms with Crippen LogP contribution in [0.5, 0.6) is 0 Å². The molecule has 1 fully saturated rings. The predicted octanol–water partition coefficient (Wildman–Crippen LogP) is 2.98. The van der Waals surface area contributed by atoms with Crippen LogP contribution in [0, 0.1) is 0 Å². The second-order valence-electron chi connectivity index (χ2n) is 5.94. The number of carbonyl (C=O) groups excluding carboxylic acids is 1. The van der Waals surface area contributed by atoms with Crippen molar-refractivity contribution in [1.29, 1.82) is 0 Å². The molecule has 1 unspecified atom stereocenters. The second-order valence-corrected chi connectivity index (χ2v) is 5.94. The molecule has 0 bridgehead atoms. The van der Waals surface area contributed by atoms with Gasteiger partial charge in [0.15, 0.2) is 0 Å². The van der Waals surface area contributed by atoms with Crippen molar-refractivity contribution in [3.8, 4) is 0 Å². The van der Waals surface area contributed by atoms with Gasteiger partial charge in [0.1, 0.15) is 5.60 Å². The van der Waals surface area contributed by atoms with Crippen molar-refractivity contribution in [2.24, 2.45) is 0 Å². The third-order valence-corrected chi connectivity index (χ3v) is 3.31. The maximum absolute atomic E-state index is 12.2. The Morgan fingerprint density at radius 2 is 2.26 bits per heavy atom. The molecule has 1 aromatic heterocycles. The minimum atomic E-state index is -0.449. The highest BCUT2D eigenvalue weighted by Crippen LogP contribution is 2.32. The van der Waals surface area contributed by atoms with Crippen LogP contribution in [0.4, 0.5) is 4.79 Å². The van der Waals surface area contributed by atoms with Gasteiger partial charge in [-0.25, -0.2) is 9.78 Å². The standard InChI is InChI=1S/C14H23N3O2/c1-5-16-10-15-9-12(16)11-7-6-8-17(11)13(18)19-14(2,3)4/h9-11H,5-8H2,1-4H3. The predicted molar refractivity (Wildman–Crippen MR) is 72.8 cm³/mol. The van der Waals surface area contributed by atoms with E-state index < -0.39 is 5.60 Å². The van der Waals surface area contributed by atoms with Gasteiger partial charge in [-0.05, 0) is 40.5 Å². The van der Waals surface area contributed by atoms with E-state index in [1.54, 1.807) is 0 Å². The lowest BCUT2D eigenvalue weighted by Crippen LogP contribution is -2.36. The summed E-state index contributed by atoms with van der Waals surface area (Å²) in [6.45, 7) is 9.39. The van der Waals surface area contributed by atoms with Gasteiger partial charge in [0, 0.05) is 13.1 Å². The SMILES string of the molecule is CCn1cncc1C1CCCN1C(=O)OC(C)(C)C. The Kier molecular flexibility index (Phi) is 3.83. The molecule has 1 aromatic rings. The van der Waals surface area contributed by atoms with Crippen LogP contribution < -0.4 is 0 Å². The molecule has 1 aliphatic heterocycles. The van der Waals surface area contributed by atoms with E-state index in [0.717, 1.165) is 31.6 Å². The molecule has 2 rings (SSSR count). The number of imidazole rings is 1. The molecule has 5 nitrogen and oxygen atoms in total. The smallest absolute Gasteiger partial charge is 0.410 e. The van der Waals surface area contributed by atoms with E-state index in [2.05, 4.69) is 16.5 Å². The van der Waals surface area contributed by atoms with Gasteiger partial charge in [-0.3, -0.25) is 4.90 Å². The Hall–Kier alpha value is -1.52. The van der Waals surface area contributed by atoms with Crippen LogP contribution in [-0.2, 0) is 11.3 Å². The monoisotopic (exact) mass is 265 g/mol. The highest BCUT2D eigenvalue weighted by molar-refractivity contribution is 5.69. The van der Waals surface area contributed by atoms with Crippen molar-refractivity contribution in [3.63, 3.8) is 0 Å². The molecule has 0 radical (unpaired) electrons. The van der Waals surface area contributed by atoms with Crippen LogP contribution in [0.25, 0.3) is 0 Å². The fourth-order valence-electron chi connectivity index (χ4n) is 2.49. The first-order chi connectivity index (χ1) is 8.92. The molecular weight excluding hydrogens is 242 g/mol. The summed E-state index contributed by atoms with van der Waals surface area (Å²) < 4.78 is 7.57. The third-order valence-electron chi connectivity index (χ3n) is 3.31. The molecule has 0 aromatic carbocycles. The Morgan fingerprint density at radius 3 is 2.89 bits per heavy atom. The van der Waals surface area contributed by atoms with Gasteiger partial charge < -0.3 is 9.30 Å². The third kappa shape index (κ3) is 3.08. The molecule has 5 heteroatoms. The van der Waals surface area contributed by atoms with Crippen LogP contribution in [0.2, 0.25) is 0 Å². The topological polar surface area (TPSA) is 47.4 Å². The van der Waals surface area contributed by atoms with E-state index in [1.165, 1.54) is 0 Å². The van der Waals surface area contributed by atoms with Crippen molar-refractivity contribution in [3.05, 3.63) is 18.2 Å². The van der Waals surface area contributed by atoms with E-state index in [1.807, 2.05) is 38.2 Å². The zero-order valence-electron chi connectivity index (χ0n) is 12.2. The highest BCUT2D eigenvalue weighted by Gasteiger charge is 2.34. The number of hydrogen-bond donors (Lipinski definition) is 0. The maximum Gasteiger partial charge on any atom is 0.410 e. The lowest BCUT2D eigenvalue weighted by molar-refractivity contribution is 0.0219. The van der Waals surface area contributed by atoms with E-state index in [0.29, 0.717) is 0 Å². The molecule has 106 valence electrons. The fraction of sp³-hybridized carbons (Fsp3) is 0.714. The number of amides is 1. The van der Waals surface area contributed by atoms with Gasteiger partial charge in [0.05, 0.1) is 24.3 Å². The fourth-order valence-corrected chi connectivity index (χ4v) is 2.49. The lowest BCUT2D eigenvalue weighted by atomic mass is 10.1. The van der Waals surface area contributed by atoms with E-state index in [-0.39, 0.29) is 12.1 Å². The number of hydrogen-bond acceptors (Lipinski definition) is 3. The Morgan fingerprint density at radius 1 is 1.53 bits per heavy atom. The number of ether oxygens (including phenoxy) is 1. The molecule has 1 aliphatic rings. The van der Waals surface area contributed by atoms with Crippen molar-refractivity contribution < 1.29 is 9.53 Å². The van der Waals surface area contributed by atoms with E-state index in [4.69, 9.17) is 4.74 Å². The van der Waals surface area contributed by atoms with Gasteiger partial charge in [0.25, 0.3) is 0 Å². The normalized spacial score (nSPS) is 19.8. The number of aryl methyl sites for hydroxylation is 1. The average Bonchev–Trinajstić information content (AvgIpc) is 2.94. The lowest BCUT2D eigenvalue weighted by Gasteiger charge is -2.28. The van der Waals surface area contributed by atoms with Crippen molar-refractivity contribution >= 4 is 6.09 Å². The van der Waals surface area contributed by atoms with Gasteiger partial charge >= 0.3 is 6.09 Å². The molecule has 1 atom stereocenters. The zero-order valence-corrected chi connectivity index (χ0v) is 12.2. The average molecular weight is 265 g/mol. The van der Waals surface area contributed by atoms with Gasteiger partial charge in [-0.2, -0.15) is 0 Å². The molecular formula is C14H23N3O2. The van der Waals surface area contributed by atoms with Crippen molar-refractivity contribution in [1.82, 2.24) is 14.5 Å². The summed E-state index contributed by atoms with van der Waals surface area (Å²) in [6, 6.07) is 0.0947. The van der Waals surface area contributed by atoms with Crippen molar-refractivity contribution in [2.45, 2.75) is 58.7 Å². The van der Waals surface area contributed by atoms with Crippen LogP contribution in [0.1, 0.15) is 52.3 Å². The number of carbonyl (C=O) groups is 1. The second kappa shape index (κ2) is 5.23. The minimum absolute atomic E-state index is 0.0947. The Balaban J connectivity index is 2.15. The first kappa shape index (κ1) is 13.9. The first-order valence-electron chi connectivity index (χ1n) is 6.92. The molecule has 0 aliphatic carbocycles. The minimum Gasteiger partial charge on any atom is -0.444 e. The molecule has 1 amide bonds. The maximum atomic E-state index is 12.2. The molecule has 0 saturated carbocycles. The summed E-state index contributed by atoms with van der Waals surface area (Å²) in [5.74, 6) is 0. The summed E-state index contributed by atoms with van der Waals surface area (Å²) in [5.41, 5.74) is 0.653. The summed E-state index contributed by atoms with van der Waals surface area (Å²) in [4.78, 5) is 18.3. The summed E-state index contributed by atoms with van der Waals surface area (Å²) in [7, 11) is 0. The number of likely N-dealkylation sites (tertiary alicyclic amines) is 1. The van der Waals surface area contributed by atoms with Gasteiger partial charge in [0.2, 0.25) is 0 Å². The Bertz CT molecular complexity index is 448. The largest absolute Gasteiger partial charge is 0.444 e. The van der Waals surface area contributed by atoms with Crippen LogP contribution in [-0.4, -0.2) is 32.7 Å². The summed E-state index contributed by atoms with van der Waals surface area (Å²) in [6.07, 6.45) is 5.44. The summed E-state index contributed by atoms with van der Waals surface area (Å²) >= 11 is 0. The number of nitrogens with zero attached hydrogens (tertiary/aromatic N) is 3. The van der Waals surface area contributed by atoms with E-state index >= 15 is 0 Å². The molecule has 2 heterocycles. The molecule has 0 spiro atoms. The molecule has 1 saturated heterocycles. The van der Waals surface area contributed by atoms with Gasteiger partial charge in [-0.15, -0.1) is 0 Å². The van der Waals surface area contributed by atoms with Crippen LogP contribution in [0.3, 0.4) is 0 Å². The number of aromatic nitrogens is 2. The van der Waals surface area contributed by atoms with Gasteiger partial charge in [-0.1, -0.05) is 0 Å². The van der Waals surface area contributed by atoms with Crippen molar-refractivity contribution in [2.75, 3.05) is 6.54 Å². The van der Waals surface area contributed by atoms with Crippen LogP contribution in [0.15, 0.2) is 12.5 Å². The van der Waals surface area contributed by atoms with Crippen LogP contribution >= 0.6 is 0 Å². The molecule has 0 N–H and O–H groups in total. The highest BCUT2D eigenvalue weighted by atomic mass is 16.6. The molecule has 19 heavy (non-hydrogen) atoms.